The summed E-state index contributed by atoms with van der Waals surface area (Å²) in [7, 11) is 0. The van der Waals surface area contributed by atoms with Crippen molar-refractivity contribution in [1.29, 1.82) is 0 Å². The van der Waals surface area contributed by atoms with Crippen molar-refractivity contribution < 1.29 is 10.2 Å². The third-order valence-corrected chi connectivity index (χ3v) is 6.99. The van der Waals surface area contributed by atoms with Gasteiger partial charge in [-0.05, 0) is 43.2 Å². The van der Waals surface area contributed by atoms with Crippen LogP contribution in [0.1, 0.15) is 43.6 Å². The number of hydrogen-bond donors (Lipinski definition) is 2. The Morgan fingerprint density at radius 2 is 1.00 bits per heavy atom. The van der Waals surface area contributed by atoms with Gasteiger partial charge in [0.15, 0.2) is 0 Å². The van der Waals surface area contributed by atoms with Crippen LogP contribution in [0.3, 0.4) is 0 Å². The summed E-state index contributed by atoms with van der Waals surface area (Å²) in [6, 6.07) is 20.2. The van der Waals surface area contributed by atoms with Gasteiger partial charge in [-0.1, -0.05) is 60.7 Å². The summed E-state index contributed by atoms with van der Waals surface area (Å²) in [6.07, 6.45) is 0.352. The van der Waals surface area contributed by atoms with Crippen LogP contribution in [0, 0.1) is 11.8 Å². The molecule has 156 valence electrons. The van der Waals surface area contributed by atoms with Crippen molar-refractivity contribution in [3.05, 3.63) is 71.8 Å². The molecule has 0 spiro atoms. The van der Waals surface area contributed by atoms with Crippen LogP contribution >= 0.6 is 0 Å². The average molecular weight is 395 g/mol. The fourth-order valence-corrected chi connectivity index (χ4v) is 5.28. The second-order valence-corrected chi connectivity index (χ2v) is 9.07. The lowest BCUT2D eigenvalue weighted by Crippen LogP contribution is -2.57. The predicted molar refractivity (Wildman–Crippen MR) is 116 cm³/mol. The van der Waals surface area contributed by atoms with E-state index in [2.05, 4.69) is 23.6 Å². The van der Waals surface area contributed by atoms with Gasteiger partial charge in [0, 0.05) is 38.3 Å². The summed E-state index contributed by atoms with van der Waals surface area (Å²) in [4.78, 5) is 4.96. The van der Waals surface area contributed by atoms with Crippen LogP contribution in [-0.2, 0) is 0 Å². The first-order valence-corrected chi connectivity index (χ1v) is 11.0. The van der Waals surface area contributed by atoms with Gasteiger partial charge in [0.2, 0.25) is 0 Å². The molecule has 4 nitrogen and oxygen atoms in total. The first kappa shape index (κ1) is 20.5. The van der Waals surface area contributed by atoms with Crippen LogP contribution in [0.15, 0.2) is 60.7 Å². The number of likely N-dealkylation sites (tertiary alicyclic amines) is 2. The molecule has 2 aromatic rings. The zero-order valence-corrected chi connectivity index (χ0v) is 17.6. The minimum absolute atomic E-state index is 0.113. The summed E-state index contributed by atoms with van der Waals surface area (Å²) in [5.41, 5.74) is 1.99. The van der Waals surface area contributed by atoms with E-state index in [0.717, 1.165) is 37.3 Å². The SMILES string of the molecule is C[C@@H]([C@H](O)c1ccccc1)N1CC2CC(C1)CN([C@@H](C)[C@H](O)c1ccccc1)C2. The summed E-state index contributed by atoms with van der Waals surface area (Å²) in [5, 5.41) is 21.7. The van der Waals surface area contributed by atoms with Gasteiger partial charge in [-0.3, -0.25) is 9.80 Å². The van der Waals surface area contributed by atoms with E-state index in [1.165, 1.54) is 6.42 Å². The fourth-order valence-electron chi connectivity index (χ4n) is 5.28. The third kappa shape index (κ3) is 4.56. The molecule has 0 unspecified atom stereocenters. The molecule has 0 saturated carbocycles. The molecule has 4 rings (SSSR count). The molecule has 0 radical (unpaired) electrons. The first-order chi connectivity index (χ1) is 14.0. The van der Waals surface area contributed by atoms with E-state index in [4.69, 9.17) is 0 Å². The van der Waals surface area contributed by atoms with E-state index < -0.39 is 12.2 Å². The topological polar surface area (TPSA) is 46.9 Å². The van der Waals surface area contributed by atoms with Crippen LogP contribution in [0.25, 0.3) is 0 Å². The third-order valence-electron chi connectivity index (χ3n) is 6.99. The molecule has 2 bridgehead atoms. The lowest BCUT2D eigenvalue weighted by Gasteiger charge is -2.50. The monoisotopic (exact) mass is 394 g/mol. The summed E-state index contributed by atoms with van der Waals surface area (Å²) in [6.45, 7) is 8.38. The Kier molecular flexibility index (Phi) is 6.35. The highest BCUT2D eigenvalue weighted by Crippen LogP contribution is 2.34. The smallest absolute Gasteiger partial charge is 0.0942 e. The molecule has 2 N–H and O–H groups in total. The van der Waals surface area contributed by atoms with Crippen molar-refractivity contribution in [3.63, 3.8) is 0 Å². The Morgan fingerprint density at radius 1 is 0.655 bits per heavy atom. The minimum Gasteiger partial charge on any atom is -0.387 e. The molecular formula is C25H34N2O2. The number of rotatable bonds is 6. The van der Waals surface area contributed by atoms with Crippen molar-refractivity contribution in [2.75, 3.05) is 26.2 Å². The van der Waals surface area contributed by atoms with E-state index in [1.807, 2.05) is 60.7 Å². The molecule has 4 heteroatoms. The van der Waals surface area contributed by atoms with Gasteiger partial charge < -0.3 is 10.2 Å². The predicted octanol–water partition coefficient (Wildman–Crippen LogP) is 3.48. The minimum atomic E-state index is -0.454. The van der Waals surface area contributed by atoms with Gasteiger partial charge in [0.05, 0.1) is 12.2 Å². The van der Waals surface area contributed by atoms with Crippen molar-refractivity contribution >= 4 is 0 Å². The maximum atomic E-state index is 10.9. The molecule has 2 aromatic carbocycles. The quantitative estimate of drug-likeness (QED) is 0.787. The number of fused-ring (bicyclic) bond motifs is 2. The zero-order valence-electron chi connectivity index (χ0n) is 17.6. The van der Waals surface area contributed by atoms with Crippen LogP contribution in [0.2, 0.25) is 0 Å². The summed E-state index contributed by atoms with van der Waals surface area (Å²) in [5.74, 6) is 1.19. The van der Waals surface area contributed by atoms with Gasteiger partial charge in [-0.15, -0.1) is 0 Å². The molecular weight excluding hydrogens is 360 g/mol. The summed E-state index contributed by atoms with van der Waals surface area (Å²) < 4.78 is 0. The van der Waals surface area contributed by atoms with Gasteiger partial charge in [-0.25, -0.2) is 0 Å². The highest BCUT2D eigenvalue weighted by atomic mass is 16.3. The molecule has 29 heavy (non-hydrogen) atoms. The van der Waals surface area contributed by atoms with Crippen LogP contribution < -0.4 is 0 Å². The lowest BCUT2D eigenvalue weighted by atomic mass is 9.82. The zero-order chi connectivity index (χ0) is 20.4. The number of benzene rings is 2. The lowest BCUT2D eigenvalue weighted by molar-refractivity contribution is -0.0467. The number of aliphatic hydroxyl groups excluding tert-OH is 2. The van der Waals surface area contributed by atoms with E-state index in [-0.39, 0.29) is 12.1 Å². The Hall–Kier alpha value is -1.72. The number of piperidine rings is 2. The van der Waals surface area contributed by atoms with Crippen molar-refractivity contribution in [2.45, 2.75) is 44.6 Å². The Labute approximate surface area is 174 Å². The number of aliphatic hydroxyl groups is 2. The molecule has 2 aliphatic rings. The van der Waals surface area contributed by atoms with Gasteiger partial charge in [0.25, 0.3) is 0 Å². The van der Waals surface area contributed by atoms with Crippen LogP contribution in [0.4, 0.5) is 0 Å². The van der Waals surface area contributed by atoms with Gasteiger partial charge in [-0.2, -0.15) is 0 Å². The Morgan fingerprint density at radius 3 is 1.34 bits per heavy atom. The maximum absolute atomic E-state index is 10.9. The van der Waals surface area contributed by atoms with E-state index in [1.54, 1.807) is 0 Å². The fraction of sp³-hybridized carbons (Fsp3) is 0.520. The number of hydrogen-bond acceptors (Lipinski definition) is 4. The normalized spacial score (nSPS) is 27.2. The average Bonchev–Trinajstić information content (AvgIpc) is 2.77. The Balaban J connectivity index is 1.38. The largest absolute Gasteiger partial charge is 0.387 e. The van der Waals surface area contributed by atoms with E-state index >= 15 is 0 Å². The van der Waals surface area contributed by atoms with Crippen LogP contribution in [0.5, 0.6) is 0 Å². The van der Waals surface area contributed by atoms with Crippen molar-refractivity contribution in [3.8, 4) is 0 Å². The van der Waals surface area contributed by atoms with E-state index in [9.17, 15) is 10.2 Å². The number of nitrogens with zero attached hydrogens (tertiary/aromatic N) is 2. The molecule has 0 aromatic heterocycles. The molecule has 0 aliphatic carbocycles. The highest BCUT2D eigenvalue weighted by molar-refractivity contribution is 5.20. The second kappa shape index (κ2) is 8.97. The molecule has 2 fully saturated rings. The van der Waals surface area contributed by atoms with E-state index in [0.29, 0.717) is 11.8 Å². The molecule has 2 aliphatic heterocycles. The highest BCUT2D eigenvalue weighted by Gasteiger charge is 2.39. The first-order valence-electron chi connectivity index (χ1n) is 11.0. The van der Waals surface area contributed by atoms with Gasteiger partial charge >= 0.3 is 0 Å². The summed E-state index contributed by atoms with van der Waals surface area (Å²) >= 11 is 0. The molecule has 4 atom stereocenters. The molecule has 0 amide bonds. The van der Waals surface area contributed by atoms with Crippen LogP contribution in [-0.4, -0.2) is 58.3 Å². The van der Waals surface area contributed by atoms with Gasteiger partial charge in [0.1, 0.15) is 0 Å². The molecule has 2 heterocycles. The standard InChI is InChI=1S/C25H34N2O2/c1-18(24(28)22-9-5-3-6-10-22)26-14-20-13-21(15-26)17-27(16-20)19(2)25(29)23-11-7-4-8-12-23/h3-12,18-21,24-25,28-29H,13-17H2,1-2H3/t18-,19-,20?,21?,24-,25-/m0/s1. The maximum Gasteiger partial charge on any atom is 0.0942 e. The Bertz CT molecular complexity index is 691. The molecule has 2 saturated heterocycles. The van der Waals surface area contributed by atoms with Crippen molar-refractivity contribution in [2.24, 2.45) is 11.8 Å². The second-order valence-electron chi connectivity index (χ2n) is 9.07. The van der Waals surface area contributed by atoms with Crippen molar-refractivity contribution in [1.82, 2.24) is 9.80 Å².